The van der Waals surface area contributed by atoms with Crippen LogP contribution in [0.25, 0.3) is 21.5 Å². The Morgan fingerprint density at radius 2 is 2.00 bits per heavy atom. The number of carbonyl (C=O) groups is 1. The van der Waals surface area contributed by atoms with Crippen LogP contribution in [0, 0.1) is 0 Å². The number of fused-ring (bicyclic) bond motifs is 3. The van der Waals surface area contributed by atoms with Crippen molar-refractivity contribution >= 4 is 73.0 Å². The average Bonchev–Trinajstić information content (AvgIpc) is 2.46. The molecule has 102 valence electrons. The van der Waals surface area contributed by atoms with Gasteiger partial charge in [-0.3, -0.25) is 0 Å². The summed E-state index contributed by atoms with van der Waals surface area (Å²) in [6.45, 7) is 0. The predicted molar refractivity (Wildman–Crippen MR) is 87.6 cm³/mol. The summed E-state index contributed by atoms with van der Waals surface area (Å²) in [7, 11) is 1.57. The molecule has 3 rings (SSSR count). The molecule has 0 radical (unpaired) electrons. The Kier molecular flexibility index (Phi) is 4.88. The van der Waals surface area contributed by atoms with Crippen molar-refractivity contribution in [3.63, 3.8) is 0 Å². The molecule has 0 saturated heterocycles. The van der Waals surface area contributed by atoms with E-state index < -0.39 is 5.97 Å². The molecule has 0 spiro atoms. The summed E-state index contributed by atoms with van der Waals surface area (Å²) in [5.41, 5.74) is 0.256. The van der Waals surface area contributed by atoms with Gasteiger partial charge in [-0.2, -0.15) is 0 Å². The molecule has 1 N–H and O–H groups in total. The van der Waals surface area contributed by atoms with Crippen molar-refractivity contribution in [1.29, 1.82) is 0 Å². The molecule has 21 heavy (non-hydrogen) atoms. The number of halogens is 1. The summed E-state index contributed by atoms with van der Waals surface area (Å²) in [5, 5.41) is 12.7. The summed E-state index contributed by atoms with van der Waals surface area (Å²) in [5.74, 6) is -0.418. The second kappa shape index (κ2) is 6.32. The van der Waals surface area contributed by atoms with E-state index >= 15 is 0 Å². The van der Waals surface area contributed by atoms with Crippen LogP contribution in [0.3, 0.4) is 0 Å². The summed E-state index contributed by atoms with van der Waals surface area (Å²) >= 11 is 3.51. The molecule has 0 aliphatic heterocycles. The molecule has 0 unspecified atom stereocenters. The first-order valence-corrected chi connectivity index (χ1v) is 6.69. The molecule has 0 atom stereocenters. The Labute approximate surface area is 151 Å². The van der Waals surface area contributed by atoms with Gasteiger partial charge >= 0.3 is 35.5 Å². The Bertz CT molecular complexity index is 851. The van der Waals surface area contributed by atoms with Gasteiger partial charge in [0.2, 0.25) is 5.88 Å². The van der Waals surface area contributed by atoms with Crippen LogP contribution in [0.15, 0.2) is 41.0 Å². The first-order chi connectivity index (χ1) is 9.61. The number of pyridine rings is 1. The van der Waals surface area contributed by atoms with Crippen molar-refractivity contribution < 1.29 is 14.6 Å². The maximum atomic E-state index is 11.1. The van der Waals surface area contributed by atoms with E-state index in [-0.39, 0.29) is 35.1 Å². The normalized spacial score (nSPS) is 10.4. The van der Waals surface area contributed by atoms with Crippen molar-refractivity contribution in [2.75, 3.05) is 7.11 Å². The second-order valence-corrected chi connectivity index (χ2v) is 5.20. The van der Waals surface area contributed by atoms with Crippen molar-refractivity contribution in [2.45, 2.75) is 0 Å². The molecule has 1 aromatic heterocycles. The van der Waals surface area contributed by atoms with Gasteiger partial charge in [0.05, 0.1) is 18.1 Å². The van der Waals surface area contributed by atoms with E-state index in [1.807, 2.05) is 12.1 Å². The molecule has 0 aliphatic rings. The Morgan fingerprint density at radius 1 is 1.24 bits per heavy atom. The Hall–Kier alpha value is -1.14. The molecule has 0 amide bonds. The van der Waals surface area contributed by atoms with Gasteiger partial charge in [0.1, 0.15) is 0 Å². The molecular weight excluding hydrogens is 345 g/mol. The number of ether oxygens (including phenoxy) is 1. The standard InChI is InChI=1S/C15H10BrNO3.Na.H/c1-20-14-13-10-3-2-8(15(18)19)6-9(10)7-12(16)11(13)4-5-17-14;;/h2-7H,1H3,(H,18,19);;. The first-order valence-electron chi connectivity index (χ1n) is 5.90. The zero-order valence-corrected chi connectivity index (χ0v) is 12.1. The predicted octanol–water partition coefficient (Wildman–Crippen LogP) is 3.21. The van der Waals surface area contributed by atoms with Crippen molar-refractivity contribution in [2.24, 2.45) is 0 Å². The van der Waals surface area contributed by atoms with Crippen LogP contribution in [-0.2, 0) is 0 Å². The maximum absolute atomic E-state index is 11.1. The fourth-order valence-electron chi connectivity index (χ4n) is 2.31. The van der Waals surface area contributed by atoms with Crippen LogP contribution in [0.5, 0.6) is 5.88 Å². The van der Waals surface area contributed by atoms with E-state index in [1.165, 1.54) is 0 Å². The Balaban J connectivity index is 0.00000161. The molecule has 1 heterocycles. The molecular formula is C15H11BrNNaO3. The van der Waals surface area contributed by atoms with Crippen molar-refractivity contribution in [1.82, 2.24) is 4.98 Å². The molecule has 0 saturated carbocycles. The average molecular weight is 356 g/mol. The summed E-state index contributed by atoms with van der Waals surface area (Å²) in [4.78, 5) is 15.3. The Morgan fingerprint density at radius 3 is 2.67 bits per heavy atom. The van der Waals surface area contributed by atoms with Gasteiger partial charge < -0.3 is 9.84 Å². The van der Waals surface area contributed by atoms with Crippen LogP contribution < -0.4 is 4.74 Å². The molecule has 6 heteroatoms. The molecule has 4 nitrogen and oxygen atoms in total. The third-order valence-electron chi connectivity index (χ3n) is 3.22. The van der Waals surface area contributed by atoms with E-state index in [9.17, 15) is 4.79 Å². The number of hydrogen-bond acceptors (Lipinski definition) is 3. The minimum atomic E-state index is -0.943. The monoisotopic (exact) mass is 355 g/mol. The van der Waals surface area contributed by atoms with Gasteiger partial charge in [-0.05, 0) is 35.0 Å². The first kappa shape index (κ1) is 16.2. The van der Waals surface area contributed by atoms with Crippen LogP contribution in [-0.4, -0.2) is 52.7 Å². The van der Waals surface area contributed by atoms with Gasteiger partial charge in [-0.15, -0.1) is 0 Å². The molecule has 2 aromatic carbocycles. The van der Waals surface area contributed by atoms with Gasteiger partial charge in [0, 0.05) is 16.1 Å². The summed E-state index contributed by atoms with van der Waals surface area (Å²) < 4.78 is 6.20. The number of carboxylic acids is 1. The van der Waals surface area contributed by atoms with E-state index in [0.717, 1.165) is 26.0 Å². The zero-order valence-electron chi connectivity index (χ0n) is 10.6. The fraction of sp³-hybridized carbons (Fsp3) is 0.0667. The van der Waals surface area contributed by atoms with Crippen LogP contribution in [0.1, 0.15) is 10.4 Å². The quantitative estimate of drug-likeness (QED) is 0.566. The van der Waals surface area contributed by atoms with Crippen molar-refractivity contribution in [3.05, 3.63) is 46.6 Å². The van der Waals surface area contributed by atoms with Crippen molar-refractivity contribution in [3.8, 4) is 5.88 Å². The van der Waals surface area contributed by atoms with Gasteiger partial charge in [0.15, 0.2) is 0 Å². The number of aromatic nitrogens is 1. The molecule has 3 aromatic rings. The number of methoxy groups -OCH3 is 1. The summed E-state index contributed by atoms with van der Waals surface area (Å²) in [6.07, 6.45) is 1.68. The van der Waals surface area contributed by atoms with Crippen LogP contribution in [0.2, 0.25) is 0 Å². The van der Waals surface area contributed by atoms with Gasteiger partial charge in [-0.1, -0.05) is 22.0 Å². The third kappa shape index (κ3) is 2.79. The van der Waals surface area contributed by atoms with E-state index in [0.29, 0.717) is 5.88 Å². The van der Waals surface area contributed by atoms with Crippen LogP contribution in [0.4, 0.5) is 0 Å². The number of hydrogen-bond donors (Lipinski definition) is 1. The van der Waals surface area contributed by atoms with Gasteiger partial charge in [-0.25, -0.2) is 9.78 Å². The molecule has 0 bridgehead atoms. The molecule has 0 aliphatic carbocycles. The third-order valence-corrected chi connectivity index (χ3v) is 3.87. The molecule has 0 fully saturated rings. The second-order valence-electron chi connectivity index (χ2n) is 4.34. The fourth-order valence-corrected chi connectivity index (χ4v) is 2.89. The minimum absolute atomic E-state index is 0. The van der Waals surface area contributed by atoms with E-state index in [2.05, 4.69) is 20.9 Å². The van der Waals surface area contributed by atoms with Gasteiger partial charge in [0.25, 0.3) is 0 Å². The summed E-state index contributed by atoms with van der Waals surface area (Å²) in [6, 6.07) is 8.83. The number of nitrogens with zero attached hydrogens (tertiary/aromatic N) is 1. The number of carboxylic acid groups (broad SMARTS) is 1. The number of rotatable bonds is 2. The zero-order chi connectivity index (χ0) is 14.3. The topological polar surface area (TPSA) is 59.4 Å². The number of aromatic carboxylic acids is 1. The van der Waals surface area contributed by atoms with E-state index in [4.69, 9.17) is 9.84 Å². The van der Waals surface area contributed by atoms with Crippen LogP contribution >= 0.6 is 15.9 Å². The number of benzene rings is 2. The van der Waals surface area contributed by atoms with E-state index in [1.54, 1.807) is 31.5 Å². The SMILES string of the molecule is COc1nccc2c(Br)cc3cc(C(=O)O)ccc3c12.[NaH].